The second-order valence-corrected chi connectivity index (χ2v) is 9.48. The molecule has 0 saturated carbocycles. The fourth-order valence-corrected chi connectivity index (χ4v) is 4.79. The smallest absolute Gasteiger partial charge is 0.337 e. The van der Waals surface area contributed by atoms with Gasteiger partial charge in [-0.1, -0.05) is 5.16 Å². The van der Waals surface area contributed by atoms with Crippen molar-refractivity contribution < 1.29 is 31.7 Å². The van der Waals surface area contributed by atoms with E-state index in [1.54, 1.807) is 0 Å². The van der Waals surface area contributed by atoms with E-state index in [1.165, 1.54) is 25.3 Å². The van der Waals surface area contributed by atoms with Crippen LogP contribution in [0.3, 0.4) is 0 Å². The van der Waals surface area contributed by atoms with Gasteiger partial charge in [0.05, 0.1) is 29.0 Å². The molecule has 11 heteroatoms. The van der Waals surface area contributed by atoms with Crippen molar-refractivity contribution in [3.8, 4) is 0 Å². The number of benzene rings is 2. The Bertz CT molecular complexity index is 1340. The van der Waals surface area contributed by atoms with Gasteiger partial charge in [0, 0.05) is 12.1 Å². The maximum absolute atomic E-state index is 13.2. The monoisotopic (exact) mass is 487 g/mol. The SMILES string of the molecule is COC(=O)c1cc(CNC(=O)c2onc3c2CCCC3)cc(NS(=O)(=O)c2ccc(F)cc2)c1. The van der Waals surface area contributed by atoms with Crippen molar-refractivity contribution >= 4 is 27.6 Å². The highest BCUT2D eigenvalue weighted by Crippen LogP contribution is 2.24. The molecule has 2 N–H and O–H groups in total. The number of rotatable bonds is 7. The van der Waals surface area contributed by atoms with Crippen LogP contribution < -0.4 is 10.0 Å². The quantitative estimate of drug-likeness (QED) is 0.490. The highest BCUT2D eigenvalue weighted by Gasteiger charge is 2.24. The number of nitrogens with one attached hydrogen (secondary N) is 2. The Morgan fingerprint density at radius 1 is 1.12 bits per heavy atom. The van der Waals surface area contributed by atoms with E-state index in [2.05, 4.69) is 15.2 Å². The fraction of sp³-hybridized carbons (Fsp3) is 0.261. The normalized spacial score (nSPS) is 13.1. The van der Waals surface area contributed by atoms with Crippen molar-refractivity contribution in [1.29, 1.82) is 0 Å². The lowest BCUT2D eigenvalue weighted by Crippen LogP contribution is -2.24. The van der Waals surface area contributed by atoms with Gasteiger partial charge in [0.15, 0.2) is 0 Å². The van der Waals surface area contributed by atoms with Gasteiger partial charge in [0.1, 0.15) is 5.82 Å². The average molecular weight is 488 g/mol. The Morgan fingerprint density at radius 3 is 2.59 bits per heavy atom. The van der Waals surface area contributed by atoms with Crippen molar-refractivity contribution in [3.63, 3.8) is 0 Å². The van der Waals surface area contributed by atoms with Gasteiger partial charge in [0.25, 0.3) is 15.9 Å². The summed E-state index contributed by atoms with van der Waals surface area (Å²) in [4.78, 5) is 24.6. The summed E-state index contributed by atoms with van der Waals surface area (Å²) in [7, 11) is -2.85. The molecule has 0 fully saturated rings. The first-order chi connectivity index (χ1) is 16.3. The lowest BCUT2D eigenvalue weighted by molar-refractivity contribution is 0.0600. The summed E-state index contributed by atoms with van der Waals surface area (Å²) in [5.41, 5.74) is 2.21. The van der Waals surface area contributed by atoms with Crippen LogP contribution >= 0.6 is 0 Å². The van der Waals surface area contributed by atoms with Crippen LogP contribution in [0.2, 0.25) is 0 Å². The summed E-state index contributed by atoms with van der Waals surface area (Å²) < 4.78 is 50.9. The first-order valence-electron chi connectivity index (χ1n) is 10.5. The molecule has 1 aliphatic rings. The van der Waals surface area contributed by atoms with Gasteiger partial charge in [-0.3, -0.25) is 9.52 Å². The molecule has 9 nitrogen and oxygen atoms in total. The van der Waals surface area contributed by atoms with E-state index in [9.17, 15) is 22.4 Å². The first-order valence-corrected chi connectivity index (χ1v) is 12.0. The van der Waals surface area contributed by atoms with Crippen molar-refractivity contribution in [2.75, 3.05) is 11.8 Å². The minimum Gasteiger partial charge on any atom is -0.465 e. The van der Waals surface area contributed by atoms with Gasteiger partial charge in [-0.2, -0.15) is 0 Å². The molecule has 0 aliphatic heterocycles. The maximum Gasteiger partial charge on any atom is 0.337 e. The summed E-state index contributed by atoms with van der Waals surface area (Å²) >= 11 is 0. The van der Waals surface area contributed by atoms with Crippen LogP contribution in [-0.2, 0) is 34.1 Å². The highest BCUT2D eigenvalue weighted by molar-refractivity contribution is 7.92. The van der Waals surface area contributed by atoms with E-state index in [0.29, 0.717) is 12.0 Å². The van der Waals surface area contributed by atoms with Crippen molar-refractivity contribution in [3.05, 3.63) is 76.4 Å². The molecule has 0 radical (unpaired) electrons. The number of sulfonamides is 1. The molecule has 178 valence electrons. The van der Waals surface area contributed by atoms with Crippen LogP contribution in [0.4, 0.5) is 10.1 Å². The number of esters is 1. The fourth-order valence-electron chi connectivity index (χ4n) is 3.75. The molecule has 0 spiro atoms. The number of halogens is 1. The Morgan fingerprint density at radius 2 is 1.85 bits per heavy atom. The van der Waals surface area contributed by atoms with Gasteiger partial charge in [-0.25, -0.2) is 17.6 Å². The number of nitrogens with zero attached hydrogens (tertiary/aromatic N) is 1. The number of aryl methyl sites for hydroxylation is 1. The Labute approximate surface area is 195 Å². The summed E-state index contributed by atoms with van der Waals surface area (Å²) in [5, 5.41) is 6.69. The zero-order chi connectivity index (χ0) is 24.3. The number of fused-ring (bicyclic) bond motifs is 1. The molecule has 1 heterocycles. The molecule has 1 aromatic heterocycles. The predicted molar refractivity (Wildman–Crippen MR) is 119 cm³/mol. The molecule has 34 heavy (non-hydrogen) atoms. The van der Waals surface area contributed by atoms with Gasteiger partial charge < -0.3 is 14.6 Å². The second-order valence-electron chi connectivity index (χ2n) is 7.80. The van der Waals surface area contributed by atoms with Crippen molar-refractivity contribution in [1.82, 2.24) is 10.5 Å². The first kappa shape index (κ1) is 23.4. The molecular formula is C23H22FN3O6S. The van der Waals surface area contributed by atoms with Gasteiger partial charge in [0.2, 0.25) is 5.76 Å². The van der Waals surface area contributed by atoms with Crippen LogP contribution in [0.1, 0.15) is 50.6 Å². The van der Waals surface area contributed by atoms with Crippen LogP contribution in [0.15, 0.2) is 51.9 Å². The molecule has 3 aromatic rings. The summed E-state index contributed by atoms with van der Waals surface area (Å²) in [6.45, 7) is -0.00951. The molecule has 4 rings (SSSR count). The summed E-state index contributed by atoms with van der Waals surface area (Å²) in [5.74, 6) is -1.54. The third-order valence-electron chi connectivity index (χ3n) is 5.41. The van der Waals surface area contributed by atoms with Crippen LogP contribution in [-0.4, -0.2) is 32.6 Å². The second kappa shape index (κ2) is 9.64. The number of hydrogen-bond acceptors (Lipinski definition) is 7. The topological polar surface area (TPSA) is 128 Å². The predicted octanol–water partition coefficient (Wildman–Crippen LogP) is 3.21. The van der Waals surface area contributed by atoms with Crippen LogP contribution in [0.25, 0.3) is 0 Å². The molecular weight excluding hydrogens is 465 g/mol. The molecule has 0 bridgehead atoms. The van der Waals surface area contributed by atoms with E-state index >= 15 is 0 Å². The molecule has 0 atom stereocenters. The number of ether oxygens (including phenoxy) is 1. The maximum atomic E-state index is 13.2. The van der Waals surface area contributed by atoms with Gasteiger partial charge >= 0.3 is 5.97 Å². The number of hydrogen-bond donors (Lipinski definition) is 2. The Hall–Kier alpha value is -3.73. The zero-order valence-electron chi connectivity index (χ0n) is 18.3. The van der Waals surface area contributed by atoms with Crippen molar-refractivity contribution in [2.45, 2.75) is 37.1 Å². The average Bonchev–Trinajstić information content (AvgIpc) is 3.26. The zero-order valence-corrected chi connectivity index (χ0v) is 19.1. The molecule has 2 aromatic carbocycles. The third kappa shape index (κ3) is 5.09. The van der Waals surface area contributed by atoms with Crippen LogP contribution in [0, 0.1) is 5.82 Å². The standard InChI is InChI=1S/C23H22FN3O6S/c1-32-23(29)15-10-14(13-25-22(28)21-19-4-2-3-5-20(19)26-33-21)11-17(12-15)27-34(30,31)18-8-6-16(24)7-9-18/h6-12,27H,2-5,13H2,1H3,(H,25,28). The summed E-state index contributed by atoms with van der Waals surface area (Å²) in [6, 6.07) is 8.58. The molecule has 1 amide bonds. The Balaban J connectivity index is 1.56. The highest BCUT2D eigenvalue weighted by atomic mass is 32.2. The van der Waals surface area contributed by atoms with E-state index in [-0.39, 0.29) is 28.5 Å². The lowest BCUT2D eigenvalue weighted by Gasteiger charge is -2.13. The number of anilines is 1. The summed E-state index contributed by atoms with van der Waals surface area (Å²) in [6.07, 6.45) is 3.43. The molecule has 0 unspecified atom stereocenters. The minimum atomic E-state index is -4.05. The lowest BCUT2D eigenvalue weighted by atomic mass is 9.96. The molecule has 0 saturated heterocycles. The number of carbonyl (C=O) groups excluding carboxylic acids is 2. The number of amides is 1. The number of carbonyl (C=O) groups is 2. The largest absolute Gasteiger partial charge is 0.465 e. The van der Waals surface area contributed by atoms with Gasteiger partial charge in [-0.05, 0) is 73.7 Å². The molecule has 1 aliphatic carbocycles. The minimum absolute atomic E-state index is 0.00951. The van der Waals surface area contributed by atoms with Crippen LogP contribution in [0.5, 0.6) is 0 Å². The Kier molecular flexibility index (Phi) is 6.64. The number of methoxy groups -OCH3 is 1. The third-order valence-corrected chi connectivity index (χ3v) is 6.81. The van der Waals surface area contributed by atoms with E-state index in [4.69, 9.17) is 9.26 Å². The van der Waals surface area contributed by atoms with Gasteiger partial charge in [-0.15, -0.1) is 0 Å². The van der Waals surface area contributed by atoms with Crippen molar-refractivity contribution in [2.24, 2.45) is 0 Å². The number of aromatic nitrogens is 1. The van der Waals surface area contributed by atoms with E-state index in [1.807, 2.05) is 0 Å². The van der Waals surface area contributed by atoms with E-state index < -0.39 is 27.7 Å². The van der Waals surface area contributed by atoms with E-state index in [0.717, 1.165) is 54.8 Å².